The average Bonchev–Trinajstić information content (AvgIpc) is 2.67. The predicted molar refractivity (Wildman–Crippen MR) is 65.2 cm³/mol. The lowest BCUT2D eigenvalue weighted by Gasteiger charge is -2.05. The molecule has 0 bridgehead atoms. The molecule has 0 fully saturated rings. The van der Waals surface area contributed by atoms with Crippen LogP contribution in [0.2, 0.25) is 10.2 Å². The monoisotopic (exact) mass is 325 g/mol. The smallest absolute Gasteiger partial charge is 0.258 e. The number of para-hydroxylation sites is 1. The Bertz CT molecular complexity index is 670. The van der Waals surface area contributed by atoms with Gasteiger partial charge in [0.15, 0.2) is 0 Å². The van der Waals surface area contributed by atoms with Crippen LogP contribution in [0.25, 0.3) is 5.69 Å². The van der Waals surface area contributed by atoms with Crippen molar-refractivity contribution in [2.75, 3.05) is 0 Å². The van der Waals surface area contributed by atoms with Gasteiger partial charge in [0.1, 0.15) is 11.5 Å². The number of halogens is 5. The molecule has 0 N–H and O–H groups in total. The highest BCUT2D eigenvalue weighted by Crippen LogP contribution is 2.37. The summed E-state index contributed by atoms with van der Waals surface area (Å²) >= 11 is 11.4. The van der Waals surface area contributed by atoms with Gasteiger partial charge < -0.3 is 0 Å². The molecule has 1 aromatic carbocycles. The third-order valence-corrected chi connectivity index (χ3v) is 3.01. The summed E-state index contributed by atoms with van der Waals surface area (Å²) in [6.45, 7) is 0. The molecule has 0 saturated heterocycles. The number of alkyl halides is 2. The van der Waals surface area contributed by atoms with Gasteiger partial charge in [-0.2, -0.15) is 5.10 Å². The molecule has 0 unspecified atom stereocenters. The van der Waals surface area contributed by atoms with Crippen molar-refractivity contribution < 1.29 is 18.1 Å². The Morgan fingerprint density at radius 2 is 2.00 bits per heavy atom. The molecule has 0 aliphatic carbocycles. The molecule has 10 heteroatoms. The molecule has 0 aliphatic rings. The first-order chi connectivity index (χ1) is 9.34. The molecule has 1 aromatic heterocycles. The first-order valence-corrected chi connectivity index (χ1v) is 5.75. The van der Waals surface area contributed by atoms with E-state index in [0.29, 0.717) is 4.68 Å². The quantitative estimate of drug-likeness (QED) is 0.628. The molecular formula is C10H4Cl2F3N3O2. The van der Waals surface area contributed by atoms with Gasteiger partial charge in [-0.15, -0.1) is 0 Å². The molecule has 0 saturated carbocycles. The van der Waals surface area contributed by atoms with E-state index in [1.165, 1.54) is 12.1 Å². The minimum Gasteiger partial charge on any atom is -0.258 e. The zero-order valence-electron chi connectivity index (χ0n) is 9.36. The van der Waals surface area contributed by atoms with Crippen LogP contribution in [0, 0.1) is 15.9 Å². The van der Waals surface area contributed by atoms with Gasteiger partial charge in [0, 0.05) is 0 Å². The molecule has 0 radical (unpaired) electrons. The second kappa shape index (κ2) is 5.29. The number of rotatable bonds is 3. The Balaban J connectivity index is 2.77. The highest BCUT2D eigenvalue weighted by atomic mass is 35.5. The van der Waals surface area contributed by atoms with Crippen LogP contribution in [0.15, 0.2) is 18.2 Å². The third kappa shape index (κ3) is 2.32. The summed E-state index contributed by atoms with van der Waals surface area (Å²) in [7, 11) is 0. The summed E-state index contributed by atoms with van der Waals surface area (Å²) in [4.78, 5) is 9.66. The van der Waals surface area contributed by atoms with Gasteiger partial charge in [0.25, 0.3) is 6.43 Å². The van der Waals surface area contributed by atoms with Crippen molar-refractivity contribution in [1.29, 1.82) is 0 Å². The van der Waals surface area contributed by atoms with Gasteiger partial charge in [0.05, 0.1) is 9.95 Å². The van der Waals surface area contributed by atoms with Crippen LogP contribution >= 0.6 is 23.2 Å². The van der Waals surface area contributed by atoms with Crippen LogP contribution in [0.3, 0.4) is 0 Å². The van der Waals surface area contributed by atoms with Crippen LogP contribution in [0.5, 0.6) is 0 Å². The molecule has 20 heavy (non-hydrogen) atoms. The standard InChI is InChI=1S/C10H4Cl2F3N3O2/c11-4-2-1-3-5(13)7(4)17-9(12)8(18(19)20)6(16-17)10(14)15/h1-3,10H. The molecule has 106 valence electrons. The summed E-state index contributed by atoms with van der Waals surface area (Å²) in [6.07, 6.45) is -3.24. The first-order valence-electron chi connectivity index (χ1n) is 5.00. The van der Waals surface area contributed by atoms with E-state index in [1.807, 2.05) is 0 Å². The topological polar surface area (TPSA) is 61.0 Å². The minimum atomic E-state index is -3.24. The lowest BCUT2D eigenvalue weighted by molar-refractivity contribution is -0.386. The average molecular weight is 326 g/mol. The van der Waals surface area contributed by atoms with Crippen LogP contribution in [0.1, 0.15) is 12.1 Å². The SMILES string of the molecule is O=[N+]([O-])c1c(C(F)F)nn(-c2c(F)cccc2Cl)c1Cl. The first kappa shape index (κ1) is 14.6. The summed E-state index contributed by atoms with van der Waals surface area (Å²) < 4.78 is 39.6. The predicted octanol–water partition coefficient (Wildman–Crippen LogP) is 4.16. The number of benzene rings is 1. The van der Waals surface area contributed by atoms with E-state index >= 15 is 0 Å². The van der Waals surface area contributed by atoms with E-state index < -0.39 is 39.4 Å². The molecule has 0 spiro atoms. The van der Waals surface area contributed by atoms with Gasteiger partial charge in [-0.3, -0.25) is 10.1 Å². The number of nitrogens with zero attached hydrogens (tertiary/aromatic N) is 3. The fraction of sp³-hybridized carbons (Fsp3) is 0.100. The summed E-state index contributed by atoms with van der Waals surface area (Å²) in [5.74, 6) is -0.905. The molecule has 2 rings (SSSR count). The summed E-state index contributed by atoms with van der Waals surface area (Å²) in [5.41, 5.74) is -2.67. The molecule has 5 nitrogen and oxygen atoms in total. The van der Waals surface area contributed by atoms with Gasteiger partial charge in [-0.05, 0) is 12.1 Å². The maximum Gasteiger partial charge on any atom is 0.335 e. The number of hydrogen-bond donors (Lipinski definition) is 0. The fourth-order valence-corrected chi connectivity index (χ4v) is 2.09. The number of nitro groups is 1. The Morgan fingerprint density at radius 3 is 2.45 bits per heavy atom. The van der Waals surface area contributed by atoms with Crippen molar-refractivity contribution in [2.45, 2.75) is 6.43 Å². The lowest BCUT2D eigenvalue weighted by Crippen LogP contribution is -2.02. The molecule has 2 aromatic rings. The highest BCUT2D eigenvalue weighted by molar-refractivity contribution is 6.34. The molecule has 0 atom stereocenters. The van der Waals surface area contributed by atoms with Crippen LogP contribution in [0.4, 0.5) is 18.9 Å². The molecule has 0 aliphatic heterocycles. The van der Waals surface area contributed by atoms with Crippen LogP contribution in [-0.2, 0) is 0 Å². The Kier molecular flexibility index (Phi) is 3.87. The van der Waals surface area contributed by atoms with Crippen molar-refractivity contribution in [2.24, 2.45) is 0 Å². The third-order valence-electron chi connectivity index (χ3n) is 2.37. The summed E-state index contributed by atoms with van der Waals surface area (Å²) in [5, 5.41) is 13.1. The zero-order valence-corrected chi connectivity index (χ0v) is 10.9. The van der Waals surface area contributed by atoms with Gasteiger partial charge >= 0.3 is 5.69 Å². The number of hydrogen-bond acceptors (Lipinski definition) is 3. The van der Waals surface area contributed by atoms with Crippen molar-refractivity contribution in [3.8, 4) is 5.69 Å². The Hall–Kier alpha value is -1.80. The fourth-order valence-electron chi connectivity index (χ4n) is 1.56. The van der Waals surface area contributed by atoms with Crippen molar-refractivity contribution in [1.82, 2.24) is 9.78 Å². The van der Waals surface area contributed by atoms with Gasteiger partial charge in [0.2, 0.25) is 10.8 Å². The van der Waals surface area contributed by atoms with E-state index in [4.69, 9.17) is 23.2 Å². The second-order valence-electron chi connectivity index (χ2n) is 3.56. The van der Waals surface area contributed by atoms with Gasteiger partial charge in [-0.25, -0.2) is 17.9 Å². The lowest BCUT2D eigenvalue weighted by atomic mass is 10.3. The maximum absolute atomic E-state index is 13.7. The number of aromatic nitrogens is 2. The Labute approximate surface area is 119 Å². The van der Waals surface area contributed by atoms with Crippen molar-refractivity contribution in [3.05, 3.63) is 50.0 Å². The second-order valence-corrected chi connectivity index (χ2v) is 4.33. The molecule has 1 heterocycles. The minimum absolute atomic E-state index is 0.176. The Morgan fingerprint density at radius 1 is 1.35 bits per heavy atom. The summed E-state index contributed by atoms with van der Waals surface area (Å²) in [6, 6.07) is 3.54. The van der Waals surface area contributed by atoms with Crippen LogP contribution in [-0.4, -0.2) is 14.7 Å². The van der Waals surface area contributed by atoms with E-state index in [0.717, 1.165) is 6.07 Å². The van der Waals surface area contributed by atoms with Crippen molar-refractivity contribution in [3.63, 3.8) is 0 Å². The normalized spacial score (nSPS) is 11.1. The van der Waals surface area contributed by atoms with E-state index in [-0.39, 0.29) is 5.02 Å². The highest BCUT2D eigenvalue weighted by Gasteiger charge is 2.33. The molecule has 0 amide bonds. The maximum atomic E-state index is 13.7. The molecular weight excluding hydrogens is 322 g/mol. The van der Waals surface area contributed by atoms with Gasteiger partial charge in [-0.1, -0.05) is 29.3 Å². The van der Waals surface area contributed by atoms with E-state index in [9.17, 15) is 23.3 Å². The van der Waals surface area contributed by atoms with Crippen LogP contribution < -0.4 is 0 Å². The largest absolute Gasteiger partial charge is 0.335 e. The zero-order chi connectivity index (χ0) is 15.0. The van der Waals surface area contributed by atoms with E-state index in [1.54, 1.807) is 0 Å². The van der Waals surface area contributed by atoms with E-state index in [2.05, 4.69) is 5.10 Å². The van der Waals surface area contributed by atoms with Crippen molar-refractivity contribution >= 4 is 28.9 Å².